The lowest BCUT2D eigenvalue weighted by atomic mass is 9.83. The number of carbonyl (C=O) groups excluding carboxylic acids is 1. The highest BCUT2D eigenvalue weighted by Gasteiger charge is 2.30. The Morgan fingerprint density at radius 2 is 1.80 bits per heavy atom. The second kappa shape index (κ2) is 12.8. The number of anilines is 2. The summed E-state index contributed by atoms with van der Waals surface area (Å²) in [7, 11) is 1.95. The molecule has 0 bridgehead atoms. The van der Waals surface area contributed by atoms with Crippen molar-refractivity contribution in [3.63, 3.8) is 0 Å². The van der Waals surface area contributed by atoms with Crippen LogP contribution in [-0.4, -0.2) is 60.7 Å². The van der Waals surface area contributed by atoms with Gasteiger partial charge in [-0.2, -0.15) is 4.98 Å². The van der Waals surface area contributed by atoms with Crippen molar-refractivity contribution < 1.29 is 19.4 Å². The Morgan fingerprint density at radius 1 is 1.05 bits per heavy atom. The fourth-order valence-electron chi connectivity index (χ4n) is 4.25. The first-order valence-electron chi connectivity index (χ1n) is 13.1. The van der Waals surface area contributed by atoms with Crippen LogP contribution in [-0.2, 0) is 22.6 Å². The summed E-state index contributed by atoms with van der Waals surface area (Å²) in [5.41, 5.74) is 2.40. The summed E-state index contributed by atoms with van der Waals surface area (Å²) >= 11 is 0. The van der Waals surface area contributed by atoms with Crippen LogP contribution in [0.1, 0.15) is 59.2 Å². The van der Waals surface area contributed by atoms with Crippen LogP contribution in [0.25, 0.3) is 11.4 Å². The number of hydrogen-bond acceptors (Lipinski definition) is 9. The Hall–Kier alpha value is -4.12. The number of nitrogens with zero attached hydrogens (tertiary/aromatic N) is 5. The summed E-state index contributed by atoms with van der Waals surface area (Å²) in [6.07, 6.45) is 2.62. The normalized spacial score (nSPS) is 12.6. The highest BCUT2D eigenvalue weighted by atomic mass is 16.6. The van der Waals surface area contributed by atoms with Gasteiger partial charge in [-0.05, 0) is 63.1 Å². The number of aromatic nitrogens is 4. The first kappa shape index (κ1) is 30.4. The molecule has 3 rings (SSSR count). The Bertz CT molecular complexity index is 1320. The van der Waals surface area contributed by atoms with Crippen molar-refractivity contribution in [1.82, 2.24) is 30.2 Å². The SMILES string of the molecule is CN(Cc1cccc(Nc2ncnc(-c3ccnc(CNC(=O)OC(C)(C)C)c3)n2)c1)C(CC(=O)O)C(C)(C)C. The molecule has 11 heteroatoms. The van der Waals surface area contributed by atoms with Gasteiger partial charge in [0.15, 0.2) is 5.82 Å². The molecule has 11 nitrogen and oxygen atoms in total. The van der Waals surface area contributed by atoms with Crippen LogP contribution in [0, 0.1) is 5.41 Å². The number of amides is 1. The van der Waals surface area contributed by atoms with E-state index in [4.69, 9.17) is 4.74 Å². The van der Waals surface area contributed by atoms with E-state index in [9.17, 15) is 14.7 Å². The van der Waals surface area contributed by atoms with Crippen molar-refractivity contribution in [2.45, 2.75) is 72.7 Å². The molecule has 1 amide bonds. The molecule has 2 heterocycles. The van der Waals surface area contributed by atoms with E-state index in [-0.39, 0.29) is 24.4 Å². The lowest BCUT2D eigenvalue weighted by molar-refractivity contribution is -0.139. The van der Waals surface area contributed by atoms with E-state index in [1.807, 2.05) is 31.3 Å². The number of ether oxygens (including phenoxy) is 1. The third kappa shape index (κ3) is 9.57. The van der Waals surface area contributed by atoms with Gasteiger partial charge in [-0.25, -0.2) is 14.8 Å². The standard InChI is InChI=1S/C29H39N7O4/c1-28(2,3)23(15-24(37)38)36(7)17-19-9-8-10-21(13-19)34-26-33-18-32-25(35-26)20-11-12-30-22(14-20)16-31-27(39)40-29(4,5)6/h8-14,18,23H,15-17H2,1-7H3,(H,31,39)(H,37,38)(H,32,33,34,35). The molecule has 3 N–H and O–H groups in total. The second-order valence-electron chi connectivity index (χ2n) is 11.7. The van der Waals surface area contributed by atoms with Crippen LogP contribution in [0.15, 0.2) is 48.9 Å². The molecule has 1 unspecified atom stereocenters. The Balaban J connectivity index is 1.70. The molecule has 40 heavy (non-hydrogen) atoms. The van der Waals surface area contributed by atoms with Gasteiger partial charge in [0.2, 0.25) is 5.95 Å². The topological polar surface area (TPSA) is 142 Å². The molecule has 1 atom stereocenters. The molecule has 1 aromatic carbocycles. The van der Waals surface area contributed by atoms with Crippen molar-refractivity contribution in [1.29, 1.82) is 0 Å². The zero-order chi connectivity index (χ0) is 29.5. The molecule has 214 valence electrons. The minimum absolute atomic E-state index is 0.0688. The predicted octanol–water partition coefficient (Wildman–Crippen LogP) is 5.02. The van der Waals surface area contributed by atoms with Crippen molar-refractivity contribution in [3.8, 4) is 11.4 Å². The number of aliphatic carboxylic acids is 1. The first-order chi connectivity index (χ1) is 18.7. The van der Waals surface area contributed by atoms with Gasteiger partial charge >= 0.3 is 12.1 Å². The predicted molar refractivity (Wildman–Crippen MR) is 153 cm³/mol. The monoisotopic (exact) mass is 549 g/mol. The van der Waals surface area contributed by atoms with E-state index in [0.717, 1.165) is 16.8 Å². The van der Waals surface area contributed by atoms with Crippen LogP contribution in [0.3, 0.4) is 0 Å². The van der Waals surface area contributed by atoms with E-state index >= 15 is 0 Å². The molecular formula is C29H39N7O4. The summed E-state index contributed by atoms with van der Waals surface area (Å²) in [6, 6.07) is 11.3. The smallest absolute Gasteiger partial charge is 0.407 e. The molecule has 0 saturated carbocycles. The number of carboxylic acid groups (broad SMARTS) is 1. The second-order valence-corrected chi connectivity index (χ2v) is 11.7. The average Bonchev–Trinajstić information content (AvgIpc) is 2.85. The Labute approximate surface area is 235 Å². The van der Waals surface area contributed by atoms with Crippen LogP contribution in [0.2, 0.25) is 0 Å². The van der Waals surface area contributed by atoms with Crippen LogP contribution in [0.5, 0.6) is 0 Å². The van der Waals surface area contributed by atoms with Gasteiger partial charge < -0.3 is 20.5 Å². The third-order valence-corrected chi connectivity index (χ3v) is 5.97. The fraction of sp³-hybridized carbons (Fsp3) is 0.448. The van der Waals surface area contributed by atoms with E-state index in [1.165, 1.54) is 6.33 Å². The number of hydrogen-bond donors (Lipinski definition) is 3. The van der Waals surface area contributed by atoms with E-state index in [1.54, 1.807) is 39.1 Å². The summed E-state index contributed by atoms with van der Waals surface area (Å²) in [6.45, 7) is 12.4. The summed E-state index contributed by atoms with van der Waals surface area (Å²) < 4.78 is 5.27. The molecule has 0 spiro atoms. The van der Waals surface area contributed by atoms with Gasteiger partial charge in [-0.3, -0.25) is 14.7 Å². The van der Waals surface area contributed by atoms with Gasteiger partial charge in [0.1, 0.15) is 11.9 Å². The molecule has 0 aliphatic rings. The van der Waals surface area contributed by atoms with Crippen molar-refractivity contribution in [2.75, 3.05) is 12.4 Å². The van der Waals surface area contributed by atoms with E-state index in [0.29, 0.717) is 24.0 Å². The zero-order valence-electron chi connectivity index (χ0n) is 24.2. The van der Waals surface area contributed by atoms with Gasteiger partial charge in [0.05, 0.1) is 18.7 Å². The number of carbonyl (C=O) groups is 2. The summed E-state index contributed by atoms with van der Waals surface area (Å²) in [5.74, 6) is 0.0173. The van der Waals surface area contributed by atoms with Crippen LogP contribution in [0.4, 0.5) is 16.4 Å². The largest absolute Gasteiger partial charge is 0.481 e. The Morgan fingerprint density at radius 3 is 2.48 bits per heavy atom. The maximum Gasteiger partial charge on any atom is 0.407 e. The van der Waals surface area contributed by atoms with Crippen molar-refractivity contribution in [2.24, 2.45) is 5.41 Å². The lowest BCUT2D eigenvalue weighted by Gasteiger charge is -2.37. The number of benzene rings is 1. The van der Waals surface area contributed by atoms with Gasteiger partial charge in [0.25, 0.3) is 0 Å². The highest BCUT2D eigenvalue weighted by Crippen LogP contribution is 2.28. The molecule has 0 aliphatic heterocycles. The minimum Gasteiger partial charge on any atom is -0.481 e. The van der Waals surface area contributed by atoms with Crippen LogP contribution >= 0.6 is 0 Å². The highest BCUT2D eigenvalue weighted by molar-refractivity contribution is 5.68. The summed E-state index contributed by atoms with van der Waals surface area (Å²) in [4.78, 5) is 42.9. The lowest BCUT2D eigenvalue weighted by Crippen LogP contribution is -2.42. The maximum absolute atomic E-state index is 12.0. The number of alkyl carbamates (subject to hydrolysis) is 1. The molecule has 3 aromatic rings. The average molecular weight is 550 g/mol. The van der Waals surface area contributed by atoms with Crippen molar-refractivity contribution >= 4 is 23.7 Å². The van der Waals surface area contributed by atoms with Gasteiger partial charge in [0, 0.05) is 30.0 Å². The third-order valence-electron chi connectivity index (χ3n) is 5.97. The molecular weight excluding hydrogens is 510 g/mol. The van der Waals surface area contributed by atoms with E-state index < -0.39 is 17.7 Å². The van der Waals surface area contributed by atoms with Crippen LogP contribution < -0.4 is 10.6 Å². The number of rotatable bonds is 10. The van der Waals surface area contributed by atoms with Crippen molar-refractivity contribution in [3.05, 3.63) is 60.2 Å². The zero-order valence-corrected chi connectivity index (χ0v) is 24.2. The number of nitrogens with one attached hydrogen (secondary N) is 2. The molecule has 0 saturated heterocycles. The van der Waals surface area contributed by atoms with Gasteiger partial charge in [-0.1, -0.05) is 32.9 Å². The van der Waals surface area contributed by atoms with Gasteiger partial charge in [-0.15, -0.1) is 0 Å². The van der Waals surface area contributed by atoms with E-state index in [2.05, 4.69) is 56.2 Å². The number of carboxylic acids is 1. The number of pyridine rings is 1. The quantitative estimate of drug-likeness (QED) is 0.315. The molecule has 2 aromatic heterocycles. The maximum atomic E-state index is 12.0. The first-order valence-corrected chi connectivity index (χ1v) is 13.1. The molecule has 0 aliphatic carbocycles. The molecule has 0 radical (unpaired) electrons. The minimum atomic E-state index is -0.812. The Kier molecular flexibility index (Phi) is 9.75. The summed E-state index contributed by atoms with van der Waals surface area (Å²) in [5, 5.41) is 15.3. The molecule has 0 fully saturated rings. The fourth-order valence-corrected chi connectivity index (χ4v) is 4.25.